The standard InChI is InChI=1S/C12H17N2O2S/c1-11-3-5-12(6-4-11)17(15,16)14-9-7-13(2)8-10-14/h3-6H,1,7-10H2,2H3. The second-order valence-electron chi connectivity index (χ2n) is 4.35. The molecule has 1 saturated heterocycles. The van der Waals surface area contributed by atoms with Crippen molar-refractivity contribution in [2.45, 2.75) is 4.90 Å². The van der Waals surface area contributed by atoms with Gasteiger partial charge in [0.1, 0.15) is 0 Å². The van der Waals surface area contributed by atoms with Gasteiger partial charge in [-0.1, -0.05) is 12.1 Å². The first-order valence-corrected chi connectivity index (χ1v) is 7.05. The summed E-state index contributed by atoms with van der Waals surface area (Å²) in [6.45, 7) is 6.44. The Bertz CT molecular complexity index is 474. The predicted octanol–water partition coefficient (Wildman–Crippen LogP) is 0.805. The van der Waals surface area contributed by atoms with Crippen molar-refractivity contribution in [1.29, 1.82) is 0 Å². The van der Waals surface area contributed by atoms with Crippen molar-refractivity contribution >= 4 is 10.0 Å². The van der Waals surface area contributed by atoms with Crippen molar-refractivity contribution in [2.75, 3.05) is 33.2 Å². The molecule has 0 aliphatic carbocycles. The highest BCUT2D eigenvalue weighted by Crippen LogP contribution is 2.17. The van der Waals surface area contributed by atoms with E-state index < -0.39 is 10.0 Å². The van der Waals surface area contributed by atoms with Crippen LogP contribution in [0, 0.1) is 6.92 Å². The highest BCUT2D eigenvalue weighted by atomic mass is 32.2. The first-order valence-electron chi connectivity index (χ1n) is 5.61. The molecule has 1 radical (unpaired) electrons. The van der Waals surface area contributed by atoms with E-state index in [-0.39, 0.29) is 0 Å². The maximum atomic E-state index is 12.3. The second-order valence-corrected chi connectivity index (χ2v) is 6.29. The number of piperazine rings is 1. The van der Waals surface area contributed by atoms with Gasteiger partial charge in [-0.3, -0.25) is 0 Å². The van der Waals surface area contributed by atoms with E-state index in [2.05, 4.69) is 11.8 Å². The molecule has 0 atom stereocenters. The topological polar surface area (TPSA) is 40.6 Å². The molecule has 0 N–H and O–H groups in total. The van der Waals surface area contributed by atoms with Crippen LogP contribution in [-0.4, -0.2) is 50.8 Å². The molecule has 0 amide bonds. The molecule has 0 bridgehead atoms. The Balaban J connectivity index is 2.21. The van der Waals surface area contributed by atoms with Crippen LogP contribution in [0.5, 0.6) is 0 Å². The Hall–Kier alpha value is -0.910. The van der Waals surface area contributed by atoms with E-state index in [1.54, 1.807) is 28.6 Å². The zero-order chi connectivity index (χ0) is 12.5. The lowest BCUT2D eigenvalue weighted by Crippen LogP contribution is -2.46. The number of hydrogen-bond acceptors (Lipinski definition) is 3. The van der Waals surface area contributed by atoms with Gasteiger partial charge in [-0.05, 0) is 31.7 Å². The first-order chi connectivity index (χ1) is 8.00. The molecule has 0 aromatic heterocycles. The SMILES string of the molecule is [CH2]c1ccc(S(=O)(=O)N2CCN(C)CC2)cc1. The van der Waals surface area contributed by atoms with Crippen LogP contribution in [0.15, 0.2) is 29.2 Å². The minimum Gasteiger partial charge on any atom is -0.304 e. The van der Waals surface area contributed by atoms with Gasteiger partial charge in [0.25, 0.3) is 0 Å². The predicted molar refractivity (Wildman–Crippen MR) is 67.2 cm³/mol. The van der Waals surface area contributed by atoms with Crippen molar-refractivity contribution in [1.82, 2.24) is 9.21 Å². The third-order valence-corrected chi connectivity index (χ3v) is 4.94. The molecule has 0 spiro atoms. The molecule has 1 aliphatic heterocycles. The number of nitrogens with zero attached hydrogens (tertiary/aromatic N) is 2. The van der Waals surface area contributed by atoms with E-state index in [0.29, 0.717) is 18.0 Å². The maximum Gasteiger partial charge on any atom is 0.243 e. The van der Waals surface area contributed by atoms with Crippen molar-refractivity contribution in [2.24, 2.45) is 0 Å². The molecule has 0 saturated carbocycles. The minimum atomic E-state index is -3.32. The van der Waals surface area contributed by atoms with Crippen LogP contribution in [0.1, 0.15) is 5.56 Å². The summed E-state index contributed by atoms with van der Waals surface area (Å²) in [4.78, 5) is 2.49. The van der Waals surface area contributed by atoms with Crippen LogP contribution in [0.25, 0.3) is 0 Å². The quantitative estimate of drug-likeness (QED) is 0.783. The summed E-state index contributed by atoms with van der Waals surface area (Å²) >= 11 is 0. The zero-order valence-electron chi connectivity index (χ0n) is 9.96. The smallest absolute Gasteiger partial charge is 0.243 e. The molecular weight excluding hydrogens is 236 g/mol. The molecule has 1 heterocycles. The summed E-state index contributed by atoms with van der Waals surface area (Å²) < 4.78 is 26.1. The van der Waals surface area contributed by atoms with Gasteiger partial charge < -0.3 is 4.90 Å². The number of sulfonamides is 1. The van der Waals surface area contributed by atoms with Gasteiger partial charge in [0.05, 0.1) is 4.90 Å². The Kier molecular flexibility index (Phi) is 3.51. The van der Waals surface area contributed by atoms with E-state index in [1.165, 1.54) is 0 Å². The summed E-state index contributed by atoms with van der Waals surface area (Å²) in [6, 6.07) is 6.69. The molecule has 1 aromatic carbocycles. The summed E-state index contributed by atoms with van der Waals surface area (Å²) in [7, 11) is -1.32. The lowest BCUT2D eigenvalue weighted by atomic mass is 10.2. The minimum absolute atomic E-state index is 0.356. The molecule has 1 aliphatic rings. The van der Waals surface area contributed by atoms with Crippen LogP contribution < -0.4 is 0 Å². The van der Waals surface area contributed by atoms with Crippen LogP contribution >= 0.6 is 0 Å². The summed E-state index contributed by atoms with van der Waals surface area (Å²) in [5, 5.41) is 0. The number of likely N-dealkylation sites (N-methyl/N-ethyl adjacent to an activating group) is 1. The zero-order valence-corrected chi connectivity index (χ0v) is 10.8. The number of hydrogen-bond donors (Lipinski definition) is 0. The third kappa shape index (κ3) is 2.68. The Labute approximate surface area is 103 Å². The van der Waals surface area contributed by atoms with Gasteiger partial charge in [0, 0.05) is 26.2 Å². The Morgan fingerprint density at radius 1 is 1.06 bits per heavy atom. The normalized spacial score (nSPS) is 19.4. The molecule has 0 unspecified atom stereocenters. The molecular formula is C12H17N2O2S. The molecule has 2 rings (SSSR count). The second kappa shape index (κ2) is 4.76. The van der Waals surface area contributed by atoms with Gasteiger partial charge in [0.2, 0.25) is 10.0 Å². The van der Waals surface area contributed by atoms with E-state index in [9.17, 15) is 8.42 Å². The Morgan fingerprint density at radius 2 is 1.59 bits per heavy atom. The lowest BCUT2D eigenvalue weighted by Gasteiger charge is -2.31. The van der Waals surface area contributed by atoms with E-state index in [0.717, 1.165) is 18.7 Å². The molecule has 4 nitrogen and oxygen atoms in total. The fourth-order valence-electron chi connectivity index (χ4n) is 1.84. The Morgan fingerprint density at radius 3 is 2.12 bits per heavy atom. The first kappa shape index (κ1) is 12.5. The van der Waals surface area contributed by atoms with Gasteiger partial charge in [-0.2, -0.15) is 4.31 Å². The van der Waals surface area contributed by atoms with Crippen LogP contribution in [0.4, 0.5) is 0 Å². The maximum absolute atomic E-state index is 12.3. The van der Waals surface area contributed by atoms with Crippen LogP contribution in [0.2, 0.25) is 0 Å². The summed E-state index contributed by atoms with van der Waals surface area (Å²) in [5.41, 5.74) is 0.822. The monoisotopic (exact) mass is 253 g/mol. The van der Waals surface area contributed by atoms with Crippen LogP contribution in [0.3, 0.4) is 0 Å². The number of rotatable bonds is 2. The fourth-order valence-corrected chi connectivity index (χ4v) is 3.26. The van der Waals surface area contributed by atoms with E-state index >= 15 is 0 Å². The van der Waals surface area contributed by atoms with Gasteiger partial charge >= 0.3 is 0 Å². The van der Waals surface area contributed by atoms with Crippen LogP contribution in [-0.2, 0) is 10.0 Å². The molecule has 5 heteroatoms. The van der Waals surface area contributed by atoms with Gasteiger partial charge in [-0.15, -0.1) is 0 Å². The molecule has 93 valence electrons. The number of benzene rings is 1. The lowest BCUT2D eigenvalue weighted by molar-refractivity contribution is 0.222. The van der Waals surface area contributed by atoms with Crippen molar-refractivity contribution in [3.05, 3.63) is 36.8 Å². The van der Waals surface area contributed by atoms with Crippen molar-refractivity contribution in [3.63, 3.8) is 0 Å². The summed E-state index contributed by atoms with van der Waals surface area (Å²) in [6.07, 6.45) is 0. The third-order valence-electron chi connectivity index (χ3n) is 3.02. The van der Waals surface area contributed by atoms with E-state index in [1.807, 2.05) is 7.05 Å². The van der Waals surface area contributed by atoms with Gasteiger partial charge in [-0.25, -0.2) is 8.42 Å². The van der Waals surface area contributed by atoms with Crippen molar-refractivity contribution < 1.29 is 8.42 Å². The molecule has 17 heavy (non-hydrogen) atoms. The molecule has 1 aromatic rings. The average molecular weight is 253 g/mol. The van der Waals surface area contributed by atoms with Gasteiger partial charge in [0.15, 0.2) is 0 Å². The highest BCUT2D eigenvalue weighted by molar-refractivity contribution is 7.89. The average Bonchev–Trinajstić information content (AvgIpc) is 2.30. The van der Waals surface area contributed by atoms with Crippen molar-refractivity contribution in [3.8, 4) is 0 Å². The largest absolute Gasteiger partial charge is 0.304 e. The highest BCUT2D eigenvalue weighted by Gasteiger charge is 2.26. The van der Waals surface area contributed by atoms with E-state index in [4.69, 9.17) is 0 Å². The summed E-state index contributed by atoms with van der Waals surface area (Å²) in [5.74, 6) is 0. The fraction of sp³-hybridized carbons (Fsp3) is 0.417. The molecule has 1 fully saturated rings.